The van der Waals surface area contributed by atoms with E-state index >= 15 is 0 Å². The summed E-state index contributed by atoms with van der Waals surface area (Å²) < 4.78 is 22.6. The molecule has 1 fully saturated rings. The average molecular weight is 480 g/mol. The van der Waals surface area contributed by atoms with Crippen molar-refractivity contribution in [2.45, 2.75) is 45.3 Å². The second-order valence-corrected chi connectivity index (χ2v) is 9.40. The van der Waals surface area contributed by atoms with Gasteiger partial charge in [0.15, 0.2) is 11.6 Å². The average Bonchev–Trinajstić information content (AvgIpc) is 3.48. The van der Waals surface area contributed by atoms with E-state index in [0.29, 0.717) is 41.9 Å². The van der Waals surface area contributed by atoms with Crippen molar-refractivity contribution in [3.63, 3.8) is 0 Å². The first-order valence-corrected chi connectivity index (χ1v) is 11.4. The van der Waals surface area contributed by atoms with Crippen molar-refractivity contribution in [3.05, 3.63) is 49.1 Å². The van der Waals surface area contributed by atoms with Gasteiger partial charge in [-0.1, -0.05) is 0 Å². The highest BCUT2D eigenvalue weighted by atomic mass is 19.1. The number of fused-ring (bicyclic) bond motifs is 1. The Hall–Kier alpha value is -4.09. The lowest BCUT2D eigenvalue weighted by atomic mass is 10.1. The number of aromatic nitrogens is 7. The predicted octanol–water partition coefficient (Wildman–Crippen LogP) is 3.32. The number of halogens is 1. The molecule has 0 radical (unpaired) electrons. The fraction of sp³-hybridized carbons (Fsp3) is 0.391. The Bertz CT molecular complexity index is 1350. The Morgan fingerprint density at radius 1 is 1.26 bits per heavy atom. The lowest BCUT2D eigenvalue weighted by molar-refractivity contribution is 0.0206. The van der Waals surface area contributed by atoms with E-state index in [0.717, 1.165) is 12.8 Å². The molecule has 1 unspecified atom stereocenters. The molecular formula is C23H26FN9O2. The van der Waals surface area contributed by atoms with Gasteiger partial charge in [-0.25, -0.2) is 33.8 Å². The number of carbonyl (C=O) groups is 1. The molecule has 0 spiro atoms. The first-order valence-electron chi connectivity index (χ1n) is 11.4. The quantitative estimate of drug-likeness (QED) is 0.474. The van der Waals surface area contributed by atoms with Crippen molar-refractivity contribution >= 4 is 17.6 Å². The molecule has 0 aromatic carbocycles. The van der Waals surface area contributed by atoms with Gasteiger partial charge in [0.25, 0.3) is 0 Å². The van der Waals surface area contributed by atoms with Crippen LogP contribution in [0.2, 0.25) is 0 Å². The Labute approximate surface area is 201 Å². The van der Waals surface area contributed by atoms with E-state index in [1.54, 1.807) is 27.6 Å². The van der Waals surface area contributed by atoms with Crippen LogP contribution >= 0.6 is 0 Å². The van der Waals surface area contributed by atoms with Crippen molar-refractivity contribution in [1.29, 1.82) is 0 Å². The van der Waals surface area contributed by atoms with Crippen molar-refractivity contribution in [1.82, 2.24) is 39.0 Å². The summed E-state index contributed by atoms with van der Waals surface area (Å²) in [7, 11) is 0. The number of pyridine rings is 1. The maximum atomic E-state index is 13.9. The van der Waals surface area contributed by atoms with Crippen LogP contribution in [0.3, 0.4) is 0 Å². The molecule has 12 heteroatoms. The summed E-state index contributed by atoms with van der Waals surface area (Å²) in [6.45, 7) is 6.67. The van der Waals surface area contributed by atoms with Crippen molar-refractivity contribution < 1.29 is 13.9 Å². The number of imidazole rings is 1. The van der Waals surface area contributed by atoms with E-state index in [1.807, 2.05) is 20.8 Å². The summed E-state index contributed by atoms with van der Waals surface area (Å²) in [4.78, 5) is 31.9. The Kier molecular flexibility index (Phi) is 5.79. The SMILES string of the molecule is CC(C)(C)OC(=O)N1CCCC(Nc2cc(-n3cncn3)nc(-c3cnc4ccc(F)cn34)n2)C1. The van der Waals surface area contributed by atoms with Crippen LogP contribution in [-0.2, 0) is 4.74 Å². The molecular weight excluding hydrogens is 453 g/mol. The molecule has 0 aliphatic carbocycles. The molecule has 4 aromatic rings. The molecule has 0 saturated carbocycles. The molecule has 0 bridgehead atoms. The number of ether oxygens (including phenoxy) is 1. The molecule has 35 heavy (non-hydrogen) atoms. The lowest BCUT2D eigenvalue weighted by Crippen LogP contribution is -2.47. The molecule has 5 rings (SSSR count). The number of rotatable bonds is 4. The number of amides is 1. The zero-order valence-corrected chi connectivity index (χ0v) is 19.7. The molecule has 4 aromatic heterocycles. The second-order valence-electron chi connectivity index (χ2n) is 9.40. The fourth-order valence-electron chi connectivity index (χ4n) is 3.98. The van der Waals surface area contributed by atoms with Crippen LogP contribution in [0.15, 0.2) is 43.2 Å². The molecule has 1 aliphatic heterocycles. The zero-order valence-electron chi connectivity index (χ0n) is 19.7. The minimum absolute atomic E-state index is 0.0396. The van der Waals surface area contributed by atoms with Crippen LogP contribution in [0.1, 0.15) is 33.6 Å². The van der Waals surface area contributed by atoms with Crippen molar-refractivity contribution in [2.75, 3.05) is 18.4 Å². The monoisotopic (exact) mass is 479 g/mol. The number of nitrogens with zero attached hydrogens (tertiary/aromatic N) is 8. The van der Waals surface area contributed by atoms with Crippen LogP contribution < -0.4 is 5.32 Å². The summed E-state index contributed by atoms with van der Waals surface area (Å²) in [6.07, 6.45) is 7.26. The summed E-state index contributed by atoms with van der Waals surface area (Å²) in [5, 5.41) is 7.61. The molecule has 11 nitrogen and oxygen atoms in total. The van der Waals surface area contributed by atoms with Crippen molar-refractivity contribution in [2.24, 2.45) is 0 Å². The molecule has 1 aliphatic rings. The van der Waals surface area contributed by atoms with Crippen LogP contribution in [0.4, 0.5) is 15.0 Å². The van der Waals surface area contributed by atoms with Gasteiger partial charge >= 0.3 is 6.09 Å². The van der Waals surface area contributed by atoms with Gasteiger partial charge in [0.2, 0.25) is 0 Å². The van der Waals surface area contributed by atoms with Gasteiger partial charge in [-0.2, -0.15) is 5.10 Å². The number of carbonyl (C=O) groups excluding carboxylic acids is 1. The molecule has 1 amide bonds. The molecule has 5 heterocycles. The number of hydrogen-bond acceptors (Lipinski definition) is 8. The van der Waals surface area contributed by atoms with Gasteiger partial charge in [0.05, 0.1) is 6.20 Å². The van der Waals surface area contributed by atoms with Crippen LogP contribution in [0.5, 0.6) is 0 Å². The highest BCUT2D eigenvalue weighted by molar-refractivity contribution is 5.68. The maximum absolute atomic E-state index is 13.9. The van der Waals surface area contributed by atoms with E-state index in [-0.39, 0.29) is 12.1 Å². The van der Waals surface area contributed by atoms with E-state index in [1.165, 1.54) is 29.6 Å². The van der Waals surface area contributed by atoms with Crippen LogP contribution in [0.25, 0.3) is 23.0 Å². The largest absolute Gasteiger partial charge is 0.444 e. The topological polar surface area (TPSA) is 115 Å². The van der Waals surface area contributed by atoms with Crippen molar-refractivity contribution in [3.8, 4) is 17.3 Å². The van der Waals surface area contributed by atoms with E-state index in [9.17, 15) is 9.18 Å². The van der Waals surface area contributed by atoms with E-state index in [4.69, 9.17) is 4.74 Å². The van der Waals surface area contributed by atoms with Gasteiger partial charge < -0.3 is 15.0 Å². The van der Waals surface area contributed by atoms with Gasteiger partial charge in [0.1, 0.15) is 41.2 Å². The fourth-order valence-corrected chi connectivity index (χ4v) is 3.98. The highest BCUT2D eigenvalue weighted by Gasteiger charge is 2.28. The Morgan fingerprint density at radius 3 is 2.89 bits per heavy atom. The smallest absolute Gasteiger partial charge is 0.410 e. The van der Waals surface area contributed by atoms with Crippen LogP contribution in [-0.4, -0.2) is 69.8 Å². The molecule has 1 N–H and O–H groups in total. The summed E-state index contributed by atoms with van der Waals surface area (Å²) in [6, 6.07) is 4.66. The Morgan fingerprint density at radius 2 is 2.11 bits per heavy atom. The number of piperidine rings is 1. The first-order chi connectivity index (χ1) is 16.7. The van der Waals surface area contributed by atoms with Gasteiger partial charge in [0, 0.05) is 31.4 Å². The minimum atomic E-state index is -0.556. The third-order valence-corrected chi connectivity index (χ3v) is 5.49. The van der Waals surface area contributed by atoms with E-state index in [2.05, 4.69) is 30.4 Å². The highest BCUT2D eigenvalue weighted by Crippen LogP contribution is 2.23. The molecule has 182 valence electrons. The van der Waals surface area contributed by atoms with Gasteiger partial charge in [-0.05, 0) is 45.7 Å². The molecule has 1 atom stereocenters. The molecule has 1 saturated heterocycles. The summed E-state index contributed by atoms with van der Waals surface area (Å²) in [5.41, 5.74) is 0.550. The number of anilines is 1. The summed E-state index contributed by atoms with van der Waals surface area (Å²) >= 11 is 0. The zero-order chi connectivity index (χ0) is 24.6. The van der Waals surface area contributed by atoms with E-state index < -0.39 is 11.4 Å². The van der Waals surface area contributed by atoms with Gasteiger partial charge in [-0.15, -0.1) is 0 Å². The van der Waals surface area contributed by atoms with Crippen LogP contribution in [0, 0.1) is 5.82 Å². The number of likely N-dealkylation sites (tertiary alicyclic amines) is 1. The minimum Gasteiger partial charge on any atom is -0.444 e. The maximum Gasteiger partial charge on any atom is 0.410 e. The number of nitrogens with one attached hydrogen (secondary N) is 1. The number of hydrogen-bond donors (Lipinski definition) is 1. The second kappa shape index (κ2) is 8.93. The summed E-state index contributed by atoms with van der Waals surface area (Å²) in [5.74, 6) is 0.981. The standard InChI is InChI=1S/C23H26FN9O2/c1-23(2,3)35-22(34)31-8-4-5-16(12-31)28-18-9-20(33-14-25-13-27-33)30-21(29-18)17-10-26-19-7-6-15(24)11-32(17)19/h6-7,9-11,13-14,16H,4-5,8,12H2,1-3H3,(H,28,29,30). The predicted molar refractivity (Wildman–Crippen MR) is 126 cm³/mol. The lowest BCUT2D eigenvalue weighted by Gasteiger charge is -2.34. The third kappa shape index (κ3) is 5.05. The normalized spacial score (nSPS) is 16.5. The van der Waals surface area contributed by atoms with Gasteiger partial charge in [-0.3, -0.25) is 4.40 Å². The Balaban J connectivity index is 1.45. The third-order valence-electron chi connectivity index (χ3n) is 5.49. The first kappa shape index (κ1) is 22.7.